The summed E-state index contributed by atoms with van der Waals surface area (Å²) in [6, 6.07) is 3.32. The topological polar surface area (TPSA) is 82.5 Å². The molecule has 3 aromatic rings. The third-order valence-corrected chi connectivity index (χ3v) is 2.77. The minimum atomic E-state index is -0.421. The maximum Gasteiger partial charge on any atom is 0.339 e. The summed E-state index contributed by atoms with van der Waals surface area (Å²) in [7, 11) is 1.33. The van der Waals surface area contributed by atoms with Gasteiger partial charge in [0.2, 0.25) is 5.82 Å². The molecule has 3 heterocycles. The normalized spacial score (nSPS) is 10.8. The summed E-state index contributed by atoms with van der Waals surface area (Å²) in [4.78, 5) is 15.5. The second-order valence-corrected chi connectivity index (χ2v) is 3.93. The molecule has 3 rings (SSSR count). The predicted octanol–water partition coefficient (Wildman–Crippen LogP) is 1.48. The summed E-state index contributed by atoms with van der Waals surface area (Å²) in [5, 5.41) is 8.07. The molecule has 96 valence electrons. The molecule has 0 N–H and O–H groups in total. The Morgan fingerprint density at radius 3 is 2.89 bits per heavy atom. The third-order valence-electron chi connectivity index (χ3n) is 2.77. The Balaban J connectivity index is 2.21. The summed E-state index contributed by atoms with van der Waals surface area (Å²) in [5.41, 5.74) is 1.73. The van der Waals surface area contributed by atoms with E-state index in [-0.39, 0.29) is 0 Å². The van der Waals surface area contributed by atoms with E-state index in [1.807, 2.05) is 6.92 Å². The molecule has 0 amide bonds. The number of carbonyl (C=O) groups excluding carboxylic acids is 1. The van der Waals surface area contributed by atoms with Crippen LogP contribution in [0.1, 0.15) is 16.1 Å². The van der Waals surface area contributed by atoms with Crippen molar-refractivity contribution in [2.45, 2.75) is 6.92 Å². The first-order valence-corrected chi connectivity index (χ1v) is 5.54. The fraction of sp³-hybridized carbons (Fsp3) is 0.167. The number of hydrogen-bond acceptors (Lipinski definition) is 6. The lowest BCUT2D eigenvalue weighted by atomic mass is 10.3. The molecule has 0 spiro atoms. The average Bonchev–Trinajstić information content (AvgIpc) is 3.02. The second-order valence-electron chi connectivity index (χ2n) is 3.93. The van der Waals surface area contributed by atoms with E-state index in [0.717, 1.165) is 0 Å². The van der Waals surface area contributed by atoms with Gasteiger partial charge < -0.3 is 9.15 Å². The van der Waals surface area contributed by atoms with Crippen LogP contribution in [0.4, 0.5) is 0 Å². The number of methoxy groups -OCH3 is 1. The van der Waals surface area contributed by atoms with Crippen molar-refractivity contribution in [2.75, 3.05) is 7.11 Å². The molecule has 0 aliphatic rings. The largest absolute Gasteiger partial charge is 0.465 e. The number of rotatable bonds is 2. The number of esters is 1. The molecule has 0 bridgehead atoms. The molecule has 0 aliphatic heterocycles. The predicted molar refractivity (Wildman–Crippen MR) is 64.6 cm³/mol. The number of aryl methyl sites for hydroxylation is 1. The monoisotopic (exact) mass is 258 g/mol. The fourth-order valence-electron chi connectivity index (χ4n) is 1.80. The van der Waals surface area contributed by atoms with Crippen molar-refractivity contribution in [2.24, 2.45) is 0 Å². The van der Waals surface area contributed by atoms with E-state index in [1.165, 1.54) is 13.5 Å². The van der Waals surface area contributed by atoms with E-state index >= 15 is 0 Å². The molecule has 0 saturated heterocycles. The molecule has 0 aromatic carbocycles. The zero-order valence-corrected chi connectivity index (χ0v) is 10.3. The Kier molecular flexibility index (Phi) is 2.52. The maximum atomic E-state index is 11.5. The first-order valence-electron chi connectivity index (χ1n) is 5.54. The van der Waals surface area contributed by atoms with Crippen LogP contribution in [0.15, 0.2) is 29.1 Å². The maximum absolute atomic E-state index is 11.5. The summed E-state index contributed by atoms with van der Waals surface area (Å²) in [6.07, 6.45) is 2.95. The minimum Gasteiger partial charge on any atom is -0.465 e. The van der Waals surface area contributed by atoms with Crippen LogP contribution < -0.4 is 0 Å². The SMILES string of the molecule is COC(=O)c1ccc2nnc(-c3ocnc3C)n2c1. The zero-order chi connectivity index (χ0) is 13.4. The van der Waals surface area contributed by atoms with Gasteiger partial charge in [-0.2, -0.15) is 0 Å². The highest BCUT2D eigenvalue weighted by Gasteiger charge is 2.16. The van der Waals surface area contributed by atoms with E-state index in [4.69, 9.17) is 4.42 Å². The van der Waals surface area contributed by atoms with Crippen LogP contribution in [-0.4, -0.2) is 32.7 Å². The van der Waals surface area contributed by atoms with Gasteiger partial charge in [0.05, 0.1) is 18.4 Å². The van der Waals surface area contributed by atoms with Crippen molar-refractivity contribution in [3.8, 4) is 11.6 Å². The lowest BCUT2D eigenvalue weighted by Gasteiger charge is -2.01. The molecule has 0 saturated carbocycles. The van der Waals surface area contributed by atoms with E-state index in [1.54, 1.807) is 22.7 Å². The molecule has 0 unspecified atom stereocenters. The van der Waals surface area contributed by atoms with Gasteiger partial charge in [0, 0.05) is 6.20 Å². The summed E-state index contributed by atoms with van der Waals surface area (Å²) >= 11 is 0. The molecular weight excluding hydrogens is 248 g/mol. The number of hydrogen-bond donors (Lipinski definition) is 0. The van der Waals surface area contributed by atoms with Crippen LogP contribution in [0, 0.1) is 6.92 Å². The van der Waals surface area contributed by atoms with Gasteiger partial charge in [0.1, 0.15) is 0 Å². The van der Waals surface area contributed by atoms with Gasteiger partial charge in [-0.3, -0.25) is 4.40 Å². The standard InChI is InChI=1S/C12H10N4O3/c1-7-10(19-6-13-7)11-15-14-9-4-3-8(5-16(9)11)12(17)18-2/h3-6H,1-2H3. The Morgan fingerprint density at radius 2 is 2.21 bits per heavy atom. The summed E-state index contributed by atoms with van der Waals surface area (Å²) < 4.78 is 11.6. The van der Waals surface area contributed by atoms with Crippen molar-refractivity contribution in [3.05, 3.63) is 36.0 Å². The Morgan fingerprint density at radius 1 is 1.37 bits per heavy atom. The quantitative estimate of drug-likeness (QED) is 0.647. The molecule has 0 fully saturated rings. The van der Waals surface area contributed by atoms with Crippen LogP contribution in [0.5, 0.6) is 0 Å². The Hall–Kier alpha value is -2.70. The van der Waals surface area contributed by atoms with Crippen molar-refractivity contribution >= 4 is 11.6 Å². The van der Waals surface area contributed by atoms with E-state index in [0.29, 0.717) is 28.5 Å². The molecule has 7 heteroatoms. The highest BCUT2D eigenvalue weighted by Crippen LogP contribution is 2.21. The summed E-state index contributed by atoms with van der Waals surface area (Å²) in [6.45, 7) is 1.81. The van der Waals surface area contributed by atoms with Crippen LogP contribution in [0.3, 0.4) is 0 Å². The molecular formula is C12H10N4O3. The van der Waals surface area contributed by atoms with Crippen molar-refractivity contribution in [1.82, 2.24) is 19.6 Å². The smallest absolute Gasteiger partial charge is 0.339 e. The van der Waals surface area contributed by atoms with Crippen molar-refractivity contribution in [1.29, 1.82) is 0 Å². The summed E-state index contributed by atoms with van der Waals surface area (Å²) in [5.74, 6) is 0.598. The van der Waals surface area contributed by atoms with E-state index < -0.39 is 5.97 Å². The van der Waals surface area contributed by atoms with Gasteiger partial charge in [-0.15, -0.1) is 10.2 Å². The number of nitrogens with zero attached hydrogens (tertiary/aromatic N) is 4. The lowest BCUT2D eigenvalue weighted by molar-refractivity contribution is 0.0600. The second kappa shape index (κ2) is 4.20. The van der Waals surface area contributed by atoms with Crippen LogP contribution >= 0.6 is 0 Å². The molecule has 7 nitrogen and oxygen atoms in total. The number of ether oxygens (including phenoxy) is 1. The number of fused-ring (bicyclic) bond motifs is 1. The van der Waals surface area contributed by atoms with E-state index in [9.17, 15) is 4.79 Å². The first kappa shape index (κ1) is 11.4. The van der Waals surface area contributed by atoms with Crippen molar-refractivity contribution in [3.63, 3.8) is 0 Å². The first-order chi connectivity index (χ1) is 9.20. The van der Waals surface area contributed by atoms with Gasteiger partial charge in [-0.1, -0.05) is 0 Å². The van der Waals surface area contributed by atoms with Crippen LogP contribution in [0.25, 0.3) is 17.2 Å². The van der Waals surface area contributed by atoms with Gasteiger partial charge in [0.15, 0.2) is 17.8 Å². The van der Waals surface area contributed by atoms with Gasteiger partial charge in [-0.25, -0.2) is 9.78 Å². The van der Waals surface area contributed by atoms with Gasteiger partial charge >= 0.3 is 5.97 Å². The molecule has 19 heavy (non-hydrogen) atoms. The van der Waals surface area contributed by atoms with Gasteiger partial charge in [0.25, 0.3) is 0 Å². The molecule has 0 aliphatic carbocycles. The van der Waals surface area contributed by atoms with Crippen LogP contribution in [0.2, 0.25) is 0 Å². The minimum absolute atomic E-state index is 0.410. The average molecular weight is 258 g/mol. The number of carbonyl (C=O) groups is 1. The molecule has 3 aromatic heterocycles. The lowest BCUT2D eigenvalue weighted by Crippen LogP contribution is -2.03. The highest BCUT2D eigenvalue weighted by molar-refractivity contribution is 5.89. The zero-order valence-electron chi connectivity index (χ0n) is 10.3. The highest BCUT2D eigenvalue weighted by atomic mass is 16.5. The van der Waals surface area contributed by atoms with Crippen LogP contribution in [-0.2, 0) is 4.74 Å². The molecule has 0 radical (unpaired) electrons. The Labute approximate surface area is 107 Å². The van der Waals surface area contributed by atoms with E-state index in [2.05, 4.69) is 19.9 Å². The Bertz CT molecular complexity index is 759. The van der Waals surface area contributed by atoms with Gasteiger partial charge in [-0.05, 0) is 19.1 Å². The number of aromatic nitrogens is 4. The van der Waals surface area contributed by atoms with Crippen molar-refractivity contribution < 1.29 is 13.9 Å². The fourth-order valence-corrected chi connectivity index (χ4v) is 1.80. The molecule has 0 atom stereocenters. The number of oxazole rings is 1. The number of pyridine rings is 1. The third kappa shape index (κ3) is 1.75.